The van der Waals surface area contributed by atoms with Crippen molar-refractivity contribution in [2.45, 2.75) is 58.2 Å². The Hall–Kier alpha value is -2.82. The highest BCUT2D eigenvalue weighted by atomic mass is 35.5. The summed E-state index contributed by atoms with van der Waals surface area (Å²) in [5.41, 5.74) is 2.85. The largest absolute Gasteiger partial charge is 0.352 e. The van der Waals surface area contributed by atoms with Crippen LogP contribution in [0, 0.1) is 0 Å². The Morgan fingerprint density at radius 2 is 1.46 bits per heavy atom. The number of benzene rings is 3. The molecule has 0 aliphatic carbocycles. The first-order chi connectivity index (χ1) is 16.8. The van der Waals surface area contributed by atoms with Crippen LogP contribution in [-0.2, 0) is 16.1 Å². The number of hydrogen-bond donors (Lipinski definition) is 1. The van der Waals surface area contributed by atoms with Crippen LogP contribution in [0.4, 0.5) is 0 Å². The van der Waals surface area contributed by atoms with Gasteiger partial charge in [-0.05, 0) is 49.1 Å². The first kappa shape index (κ1) is 26.8. The third-order valence-corrected chi connectivity index (χ3v) is 6.54. The summed E-state index contributed by atoms with van der Waals surface area (Å²) in [6, 6.07) is 24.5. The first-order valence-corrected chi connectivity index (χ1v) is 12.7. The molecule has 1 atom stereocenters. The van der Waals surface area contributed by atoms with Crippen LogP contribution in [0.2, 0.25) is 10.0 Å². The fourth-order valence-corrected chi connectivity index (χ4v) is 4.69. The average molecular weight is 511 g/mol. The van der Waals surface area contributed by atoms with Gasteiger partial charge in [0.1, 0.15) is 6.04 Å². The molecular formula is C29H32Cl2N2O2. The van der Waals surface area contributed by atoms with Gasteiger partial charge in [0, 0.05) is 35.0 Å². The predicted molar refractivity (Wildman–Crippen MR) is 144 cm³/mol. The van der Waals surface area contributed by atoms with Crippen molar-refractivity contribution in [1.82, 2.24) is 10.2 Å². The summed E-state index contributed by atoms with van der Waals surface area (Å²) in [5.74, 6) is -0.421. The fraction of sp³-hybridized carbons (Fsp3) is 0.310. The molecular weight excluding hydrogens is 479 g/mol. The number of rotatable bonds is 10. The molecule has 6 heteroatoms. The highest BCUT2D eigenvalue weighted by molar-refractivity contribution is 6.35. The van der Waals surface area contributed by atoms with Crippen molar-refractivity contribution < 1.29 is 9.59 Å². The van der Waals surface area contributed by atoms with Crippen molar-refractivity contribution >= 4 is 35.0 Å². The minimum atomic E-state index is -0.621. The highest BCUT2D eigenvalue weighted by Crippen LogP contribution is 2.30. The first-order valence-electron chi connectivity index (χ1n) is 11.9. The molecule has 3 aromatic carbocycles. The monoisotopic (exact) mass is 510 g/mol. The summed E-state index contributed by atoms with van der Waals surface area (Å²) >= 11 is 12.6. The number of carbonyl (C=O) groups excluding carboxylic acids is 2. The van der Waals surface area contributed by atoms with Crippen LogP contribution < -0.4 is 5.32 Å². The molecule has 1 unspecified atom stereocenters. The van der Waals surface area contributed by atoms with Crippen molar-refractivity contribution in [3.63, 3.8) is 0 Å². The minimum absolute atomic E-state index is 0.0333. The van der Waals surface area contributed by atoms with E-state index in [2.05, 4.69) is 5.32 Å². The summed E-state index contributed by atoms with van der Waals surface area (Å²) in [7, 11) is 0. The average Bonchev–Trinajstić information content (AvgIpc) is 2.84. The molecule has 0 heterocycles. The summed E-state index contributed by atoms with van der Waals surface area (Å²) in [4.78, 5) is 28.7. The van der Waals surface area contributed by atoms with Gasteiger partial charge in [-0.3, -0.25) is 9.59 Å². The second kappa shape index (κ2) is 12.8. The van der Waals surface area contributed by atoms with Crippen LogP contribution in [0.1, 0.15) is 56.2 Å². The van der Waals surface area contributed by atoms with E-state index in [9.17, 15) is 9.59 Å². The van der Waals surface area contributed by atoms with Gasteiger partial charge < -0.3 is 10.2 Å². The van der Waals surface area contributed by atoms with E-state index < -0.39 is 6.04 Å². The molecule has 4 nitrogen and oxygen atoms in total. The molecule has 0 radical (unpaired) electrons. The maximum Gasteiger partial charge on any atom is 0.243 e. The number of nitrogens with one attached hydrogen (secondary N) is 1. The molecule has 0 saturated carbocycles. The van der Waals surface area contributed by atoms with Crippen molar-refractivity contribution in [1.29, 1.82) is 0 Å². The molecule has 3 rings (SSSR count). The van der Waals surface area contributed by atoms with Crippen LogP contribution >= 0.6 is 23.2 Å². The van der Waals surface area contributed by atoms with Gasteiger partial charge in [-0.2, -0.15) is 0 Å². The lowest BCUT2D eigenvalue weighted by Crippen LogP contribution is -2.50. The number of hydrogen-bond acceptors (Lipinski definition) is 2. The Balaban J connectivity index is 1.98. The van der Waals surface area contributed by atoms with Gasteiger partial charge in [0.15, 0.2) is 0 Å². The lowest BCUT2D eigenvalue weighted by molar-refractivity contribution is -0.141. The molecule has 0 aliphatic rings. The molecule has 0 bridgehead atoms. The van der Waals surface area contributed by atoms with E-state index in [1.54, 1.807) is 17.0 Å². The maximum absolute atomic E-state index is 14.0. The third-order valence-electron chi connectivity index (χ3n) is 5.96. The predicted octanol–water partition coefficient (Wildman–Crippen LogP) is 6.85. The second-order valence-corrected chi connectivity index (χ2v) is 9.77. The number of halogens is 2. The standard InChI is InChI=1S/C29H32Cl2N2O2/c1-4-27(29(35)32-20(2)3)33(19-23-15-16-24(30)17-26(23)31)28(34)18-25(21-11-7-5-8-12-21)22-13-9-6-10-14-22/h5-17,20,25,27H,4,18-19H2,1-3H3,(H,32,35). The zero-order chi connectivity index (χ0) is 25.4. The SMILES string of the molecule is CCC(C(=O)NC(C)C)N(Cc1ccc(Cl)cc1Cl)C(=O)CC(c1ccccc1)c1ccccc1. The van der Waals surface area contributed by atoms with Gasteiger partial charge in [0.25, 0.3) is 0 Å². The van der Waals surface area contributed by atoms with Crippen molar-refractivity contribution in [3.05, 3.63) is 106 Å². The van der Waals surface area contributed by atoms with E-state index in [0.717, 1.165) is 16.7 Å². The summed E-state index contributed by atoms with van der Waals surface area (Å²) < 4.78 is 0. The van der Waals surface area contributed by atoms with Crippen LogP contribution in [0.5, 0.6) is 0 Å². The Kier molecular flexibility index (Phi) is 9.76. The van der Waals surface area contributed by atoms with E-state index in [0.29, 0.717) is 16.5 Å². The molecule has 0 aromatic heterocycles. The van der Waals surface area contributed by atoms with Gasteiger partial charge in [-0.25, -0.2) is 0 Å². The van der Waals surface area contributed by atoms with Gasteiger partial charge in [0.05, 0.1) is 0 Å². The molecule has 184 valence electrons. The topological polar surface area (TPSA) is 49.4 Å². The zero-order valence-corrected chi connectivity index (χ0v) is 21.9. The zero-order valence-electron chi connectivity index (χ0n) is 20.4. The normalized spacial score (nSPS) is 12.0. The summed E-state index contributed by atoms with van der Waals surface area (Å²) in [6.45, 7) is 5.96. The molecule has 0 aliphatic heterocycles. The maximum atomic E-state index is 14.0. The Labute approximate surface area is 218 Å². The van der Waals surface area contributed by atoms with Gasteiger partial charge in [-0.15, -0.1) is 0 Å². The van der Waals surface area contributed by atoms with Crippen LogP contribution in [-0.4, -0.2) is 28.8 Å². The van der Waals surface area contributed by atoms with Crippen molar-refractivity contribution in [2.75, 3.05) is 0 Å². The number of carbonyl (C=O) groups is 2. The van der Waals surface area contributed by atoms with Crippen molar-refractivity contribution in [3.8, 4) is 0 Å². The van der Waals surface area contributed by atoms with Gasteiger partial charge >= 0.3 is 0 Å². The molecule has 0 spiro atoms. The Morgan fingerprint density at radius 3 is 1.94 bits per heavy atom. The molecule has 0 saturated heterocycles. The van der Waals surface area contributed by atoms with E-state index in [4.69, 9.17) is 23.2 Å². The number of nitrogens with zero attached hydrogens (tertiary/aromatic N) is 1. The lowest BCUT2D eigenvalue weighted by atomic mass is 9.88. The molecule has 0 fully saturated rings. The van der Waals surface area contributed by atoms with E-state index >= 15 is 0 Å². The highest BCUT2D eigenvalue weighted by Gasteiger charge is 2.31. The minimum Gasteiger partial charge on any atom is -0.352 e. The van der Waals surface area contributed by atoms with Gasteiger partial charge in [-0.1, -0.05) is 96.9 Å². The Bertz CT molecular complexity index is 1080. The molecule has 3 aromatic rings. The van der Waals surface area contributed by atoms with Gasteiger partial charge in [0.2, 0.25) is 11.8 Å². The van der Waals surface area contributed by atoms with E-state index in [-0.39, 0.29) is 36.7 Å². The smallest absolute Gasteiger partial charge is 0.243 e. The molecule has 2 amide bonds. The van der Waals surface area contributed by atoms with Crippen LogP contribution in [0.3, 0.4) is 0 Å². The van der Waals surface area contributed by atoms with E-state index in [1.807, 2.05) is 87.5 Å². The fourth-order valence-electron chi connectivity index (χ4n) is 4.22. The summed E-state index contributed by atoms with van der Waals surface area (Å²) in [5, 5.41) is 3.96. The summed E-state index contributed by atoms with van der Waals surface area (Å²) in [6.07, 6.45) is 0.710. The number of amides is 2. The van der Waals surface area contributed by atoms with Crippen LogP contribution in [0.15, 0.2) is 78.9 Å². The lowest BCUT2D eigenvalue weighted by Gasteiger charge is -2.33. The van der Waals surface area contributed by atoms with E-state index in [1.165, 1.54) is 0 Å². The van der Waals surface area contributed by atoms with Crippen LogP contribution in [0.25, 0.3) is 0 Å². The molecule has 1 N–H and O–H groups in total. The quantitative estimate of drug-likeness (QED) is 0.324. The molecule has 35 heavy (non-hydrogen) atoms. The Morgan fingerprint density at radius 1 is 0.886 bits per heavy atom. The third kappa shape index (κ3) is 7.33. The second-order valence-electron chi connectivity index (χ2n) is 8.92. The van der Waals surface area contributed by atoms with Crippen molar-refractivity contribution in [2.24, 2.45) is 0 Å².